The minimum Gasteiger partial charge on any atom is -0.379 e. The highest BCUT2D eigenvalue weighted by Crippen LogP contribution is 2.33. The molecule has 2 amide bonds. The van der Waals surface area contributed by atoms with Gasteiger partial charge in [0.05, 0.1) is 13.2 Å². The van der Waals surface area contributed by atoms with Crippen molar-refractivity contribution in [1.82, 2.24) is 15.1 Å². The molecule has 1 N–H and O–H groups in total. The molecule has 1 unspecified atom stereocenters. The van der Waals surface area contributed by atoms with Crippen LogP contribution in [0.1, 0.15) is 6.42 Å². The van der Waals surface area contributed by atoms with Crippen LogP contribution < -0.4 is 10.2 Å². The van der Waals surface area contributed by atoms with E-state index in [1.54, 1.807) is 0 Å². The normalized spacial score (nSPS) is 27.0. The number of amides is 2. The van der Waals surface area contributed by atoms with E-state index in [0.717, 1.165) is 71.2 Å². The highest BCUT2D eigenvalue weighted by molar-refractivity contribution is 7.99. The summed E-state index contributed by atoms with van der Waals surface area (Å²) in [5.41, 5.74) is 1.35. The first-order valence-electron chi connectivity index (χ1n) is 10.0. The lowest BCUT2D eigenvalue weighted by Crippen LogP contribution is -2.61. The van der Waals surface area contributed by atoms with Gasteiger partial charge >= 0.3 is 6.03 Å². The van der Waals surface area contributed by atoms with E-state index in [2.05, 4.69) is 39.4 Å². The molecule has 148 valence electrons. The van der Waals surface area contributed by atoms with E-state index >= 15 is 0 Å². The molecule has 0 radical (unpaired) electrons. The topological polar surface area (TPSA) is 48.1 Å². The second kappa shape index (κ2) is 8.71. The van der Waals surface area contributed by atoms with Crippen molar-refractivity contribution in [2.24, 2.45) is 0 Å². The molecule has 4 rings (SSSR count). The van der Waals surface area contributed by atoms with Gasteiger partial charge in [-0.3, -0.25) is 4.90 Å². The number of thioether (sulfide) groups is 1. The molecule has 7 heteroatoms. The van der Waals surface area contributed by atoms with Gasteiger partial charge in [-0.1, -0.05) is 18.2 Å². The van der Waals surface area contributed by atoms with Crippen molar-refractivity contribution in [2.45, 2.75) is 12.0 Å². The van der Waals surface area contributed by atoms with Crippen LogP contribution >= 0.6 is 11.8 Å². The van der Waals surface area contributed by atoms with Gasteiger partial charge in [0.25, 0.3) is 0 Å². The van der Waals surface area contributed by atoms with Crippen molar-refractivity contribution in [3.05, 3.63) is 30.3 Å². The molecule has 1 atom stereocenters. The molecule has 27 heavy (non-hydrogen) atoms. The van der Waals surface area contributed by atoms with E-state index in [1.807, 2.05) is 22.7 Å². The van der Waals surface area contributed by atoms with Crippen LogP contribution in [0, 0.1) is 0 Å². The van der Waals surface area contributed by atoms with E-state index in [1.165, 1.54) is 11.4 Å². The maximum Gasteiger partial charge on any atom is 0.317 e. The predicted molar refractivity (Wildman–Crippen MR) is 111 cm³/mol. The first-order chi connectivity index (χ1) is 13.3. The third-order valence-corrected chi connectivity index (χ3v) is 7.26. The summed E-state index contributed by atoms with van der Waals surface area (Å²) in [6.07, 6.45) is 1.15. The van der Waals surface area contributed by atoms with Crippen LogP contribution in [0.4, 0.5) is 10.5 Å². The van der Waals surface area contributed by atoms with E-state index in [9.17, 15) is 4.79 Å². The summed E-state index contributed by atoms with van der Waals surface area (Å²) in [4.78, 5) is 19.6. The van der Waals surface area contributed by atoms with Gasteiger partial charge in [0, 0.05) is 62.8 Å². The molecule has 0 aliphatic carbocycles. The predicted octanol–water partition coefficient (Wildman–Crippen LogP) is 1.73. The Balaban J connectivity index is 1.29. The highest BCUT2D eigenvalue weighted by Gasteiger charge is 2.41. The van der Waals surface area contributed by atoms with Gasteiger partial charge in [0.15, 0.2) is 0 Å². The minimum absolute atomic E-state index is 0.0900. The van der Waals surface area contributed by atoms with Gasteiger partial charge in [-0.25, -0.2) is 4.79 Å². The number of carbonyl (C=O) groups excluding carboxylic acids is 1. The average molecular weight is 391 g/mol. The second-order valence-electron chi connectivity index (χ2n) is 7.59. The number of urea groups is 1. The monoisotopic (exact) mass is 390 g/mol. The fraction of sp³-hybridized carbons (Fsp3) is 0.650. The number of rotatable bonds is 4. The van der Waals surface area contributed by atoms with Crippen LogP contribution in [0.5, 0.6) is 0 Å². The molecule has 6 nitrogen and oxygen atoms in total. The molecule has 3 saturated heterocycles. The van der Waals surface area contributed by atoms with Gasteiger partial charge in [0.2, 0.25) is 0 Å². The Morgan fingerprint density at radius 1 is 1.07 bits per heavy atom. The molecule has 1 aromatic carbocycles. The van der Waals surface area contributed by atoms with E-state index in [4.69, 9.17) is 4.74 Å². The number of para-hydroxylation sites is 1. The van der Waals surface area contributed by atoms with Crippen molar-refractivity contribution in [1.29, 1.82) is 0 Å². The lowest BCUT2D eigenvalue weighted by atomic mass is 9.95. The maximum atomic E-state index is 12.8. The molecule has 3 fully saturated rings. The van der Waals surface area contributed by atoms with Crippen LogP contribution in [0.15, 0.2) is 30.3 Å². The van der Waals surface area contributed by atoms with Gasteiger partial charge in [-0.15, -0.1) is 0 Å². The summed E-state index contributed by atoms with van der Waals surface area (Å²) in [5, 5.41) is 3.26. The number of anilines is 1. The zero-order valence-corrected chi connectivity index (χ0v) is 16.8. The summed E-state index contributed by atoms with van der Waals surface area (Å²) in [7, 11) is 0. The number of benzene rings is 1. The van der Waals surface area contributed by atoms with Crippen LogP contribution in [-0.2, 0) is 4.74 Å². The first-order valence-corrected chi connectivity index (χ1v) is 11.2. The van der Waals surface area contributed by atoms with Gasteiger partial charge in [0.1, 0.15) is 0 Å². The quantitative estimate of drug-likeness (QED) is 0.848. The SMILES string of the molecule is O=C(NCC1(N2CCOCC2)CCSC1)N1CCN(c2ccccc2)CC1. The average Bonchev–Trinajstić information content (AvgIpc) is 3.24. The first kappa shape index (κ1) is 18.9. The Bertz CT molecular complexity index is 610. The van der Waals surface area contributed by atoms with Crippen molar-refractivity contribution < 1.29 is 9.53 Å². The van der Waals surface area contributed by atoms with Crippen LogP contribution in [0.25, 0.3) is 0 Å². The highest BCUT2D eigenvalue weighted by atomic mass is 32.2. The van der Waals surface area contributed by atoms with Gasteiger partial charge in [-0.05, 0) is 24.3 Å². The summed E-state index contributed by atoms with van der Waals surface area (Å²) in [5.74, 6) is 2.29. The number of nitrogens with one attached hydrogen (secondary N) is 1. The molecule has 0 aromatic heterocycles. The number of carbonyl (C=O) groups is 1. The Hall–Kier alpha value is -1.44. The van der Waals surface area contributed by atoms with Crippen LogP contribution in [-0.4, -0.2) is 91.9 Å². The van der Waals surface area contributed by atoms with Crippen molar-refractivity contribution in [3.8, 4) is 0 Å². The smallest absolute Gasteiger partial charge is 0.317 e. The molecule has 3 aliphatic rings. The van der Waals surface area contributed by atoms with Crippen molar-refractivity contribution in [2.75, 3.05) is 75.4 Å². The molecule has 1 aromatic rings. The lowest BCUT2D eigenvalue weighted by Gasteiger charge is -2.43. The summed E-state index contributed by atoms with van der Waals surface area (Å²) in [6, 6.07) is 10.5. The maximum absolute atomic E-state index is 12.8. The second-order valence-corrected chi connectivity index (χ2v) is 8.70. The van der Waals surface area contributed by atoms with E-state index < -0.39 is 0 Å². The van der Waals surface area contributed by atoms with Gasteiger partial charge < -0.3 is 19.9 Å². The van der Waals surface area contributed by atoms with Gasteiger partial charge in [-0.2, -0.15) is 11.8 Å². The van der Waals surface area contributed by atoms with Crippen molar-refractivity contribution >= 4 is 23.5 Å². The largest absolute Gasteiger partial charge is 0.379 e. The number of ether oxygens (including phenoxy) is 1. The Kier molecular flexibility index (Phi) is 6.10. The summed E-state index contributed by atoms with van der Waals surface area (Å²) >= 11 is 2.01. The fourth-order valence-corrected chi connectivity index (χ4v) is 5.77. The zero-order chi connectivity index (χ0) is 18.5. The van der Waals surface area contributed by atoms with Crippen LogP contribution in [0.2, 0.25) is 0 Å². The number of piperazine rings is 1. The molecule has 0 bridgehead atoms. The van der Waals surface area contributed by atoms with E-state index in [-0.39, 0.29) is 11.6 Å². The zero-order valence-electron chi connectivity index (χ0n) is 15.9. The lowest BCUT2D eigenvalue weighted by molar-refractivity contribution is -0.0127. The molecular weight excluding hydrogens is 360 g/mol. The third-order valence-electron chi connectivity index (χ3n) is 6.02. The number of hydrogen-bond donors (Lipinski definition) is 1. The molecule has 0 spiro atoms. The number of hydrogen-bond acceptors (Lipinski definition) is 5. The fourth-order valence-electron chi connectivity index (χ4n) is 4.29. The van der Waals surface area contributed by atoms with Crippen molar-refractivity contribution in [3.63, 3.8) is 0 Å². The Morgan fingerprint density at radius 2 is 1.81 bits per heavy atom. The van der Waals surface area contributed by atoms with Crippen LogP contribution in [0.3, 0.4) is 0 Å². The Labute approximate surface area is 166 Å². The number of nitrogens with zero attached hydrogens (tertiary/aromatic N) is 3. The standard InChI is InChI=1S/C20H30N4O2S/c25-19(23-9-7-22(8-10-23)18-4-2-1-3-5-18)21-16-20(6-15-27-17-20)24-11-13-26-14-12-24/h1-5H,6-17H2,(H,21,25). The molecule has 0 saturated carbocycles. The van der Waals surface area contributed by atoms with E-state index in [0.29, 0.717) is 0 Å². The Morgan fingerprint density at radius 3 is 2.48 bits per heavy atom. The molecule has 3 heterocycles. The molecular formula is C20H30N4O2S. The minimum atomic E-state index is 0.0900. The molecule has 3 aliphatic heterocycles. The third kappa shape index (κ3) is 4.36. The summed E-state index contributed by atoms with van der Waals surface area (Å²) < 4.78 is 5.52. The summed E-state index contributed by atoms with van der Waals surface area (Å²) in [6.45, 7) is 7.66. The number of morpholine rings is 1.